The van der Waals surface area contributed by atoms with Crippen LogP contribution in [0.4, 0.5) is 0 Å². The minimum atomic E-state index is 0.348. The van der Waals surface area contributed by atoms with Gasteiger partial charge in [0.05, 0.1) is 0 Å². The summed E-state index contributed by atoms with van der Waals surface area (Å²) in [6, 6.07) is 0.395. The van der Waals surface area contributed by atoms with E-state index in [-0.39, 0.29) is 0 Å². The second-order valence-electron chi connectivity index (χ2n) is 7.67. The van der Waals surface area contributed by atoms with Gasteiger partial charge in [-0.05, 0) is 62.4 Å². The molecule has 0 amide bonds. The van der Waals surface area contributed by atoms with Gasteiger partial charge >= 0.3 is 0 Å². The third kappa shape index (κ3) is 3.95. The van der Waals surface area contributed by atoms with Crippen molar-refractivity contribution in [3.63, 3.8) is 0 Å². The summed E-state index contributed by atoms with van der Waals surface area (Å²) in [5, 5.41) is 0. The Bertz CT molecular complexity index is 274. The summed E-state index contributed by atoms with van der Waals surface area (Å²) < 4.78 is 0. The topological polar surface area (TPSA) is 29.3 Å². The average molecular weight is 266 g/mol. The predicted molar refractivity (Wildman–Crippen MR) is 83.2 cm³/mol. The molecule has 1 saturated carbocycles. The molecular weight excluding hydrogens is 232 g/mol. The van der Waals surface area contributed by atoms with Crippen molar-refractivity contribution in [1.29, 1.82) is 0 Å². The van der Waals surface area contributed by atoms with E-state index in [9.17, 15) is 0 Å². The van der Waals surface area contributed by atoms with Crippen LogP contribution < -0.4 is 5.73 Å². The highest BCUT2D eigenvalue weighted by molar-refractivity contribution is 4.92. The summed E-state index contributed by atoms with van der Waals surface area (Å²) in [6.45, 7) is 10.9. The molecule has 0 aromatic heterocycles. The van der Waals surface area contributed by atoms with Crippen molar-refractivity contribution in [2.45, 2.75) is 71.8 Å². The van der Waals surface area contributed by atoms with Crippen LogP contribution in [-0.4, -0.2) is 30.6 Å². The lowest BCUT2D eigenvalue weighted by Gasteiger charge is -2.43. The Hall–Kier alpha value is -0.0800. The molecule has 0 aromatic rings. The van der Waals surface area contributed by atoms with Crippen molar-refractivity contribution in [1.82, 2.24) is 4.90 Å². The van der Waals surface area contributed by atoms with E-state index in [4.69, 9.17) is 5.73 Å². The first-order valence-electron chi connectivity index (χ1n) is 8.51. The van der Waals surface area contributed by atoms with E-state index < -0.39 is 0 Å². The molecule has 2 aliphatic rings. The first-order chi connectivity index (χ1) is 9.03. The first-order valence-corrected chi connectivity index (χ1v) is 8.51. The van der Waals surface area contributed by atoms with Gasteiger partial charge in [0.25, 0.3) is 0 Å². The monoisotopic (exact) mass is 266 g/mol. The Labute approximate surface area is 120 Å². The van der Waals surface area contributed by atoms with Gasteiger partial charge in [-0.1, -0.05) is 33.6 Å². The van der Waals surface area contributed by atoms with Crippen LogP contribution >= 0.6 is 0 Å². The van der Waals surface area contributed by atoms with E-state index in [1.807, 2.05) is 0 Å². The molecule has 1 heterocycles. The zero-order valence-corrected chi connectivity index (χ0v) is 13.3. The van der Waals surface area contributed by atoms with E-state index in [2.05, 4.69) is 25.7 Å². The molecule has 1 saturated heterocycles. The summed E-state index contributed by atoms with van der Waals surface area (Å²) in [7, 11) is 0. The van der Waals surface area contributed by atoms with Crippen LogP contribution in [0.25, 0.3) is 0 Å². The van der Waals surface area contributed by atoms with E-state index in [1.165, 1.54) is 64.6 Å². The lowest BCUT2D eigenvalue weighted by molar-refractivity contribution is 0.103. The van der Waals surface area contributed by atoms with Crippen molar-refractivity contribution >= 4 is 0 Å². The van der Waals surface area contributed by atoms with Crippen LogP contribution in [0.15, 0.2) is 0 Å². The summed E-state index contributed by atoms with van der Waals surface area (Å²) in [5.74, 6) is 1.70. The number of hydrogen-bond donors (Lipinski definition) is 1. The van der Waals surface area contributed by atoms with Crippen LogP contribution in [0.2, 0.25) is 0 Å². The molecule has 1 aliphatic carbocycles. The molecule has 2 nitrogen and oxygen atoms in total. The molecule has 0 bridgehead atoms. The molecule has 0 aromatic carbocycles. The summed E-state index contributed by atoms with van der Waals surface area (Å²) >= 11 is 0. The summed E-state index contributed by atoms with van der Waals surface area (Å²) in [5.41, 5.74) is 6.89. The fourth-order valence-corrected chi connectivity index (χ4v) is 4.16. The summed E-state index contributed by atoms with van der Waals surface area (Å²) in [4.78, 5) is 2.71. The molecular formula is C17H34N2. The van der Waals surface area contributed by atoms with Gasteiger partial charge in [0.1, 0.15) is 0 Å². The largest absolute Gasteiger partial charge is 0.327 e. The van der Waals surface area contributed by atoms with Crippen molar-refractivity contribution in [2.24, 2.45) is 23.0 Å². The van der Waals surface area contributed by atoms with Gasteiger partial charge in [-0.25, -0.2) is 0 Å². The van der Waals surface area contributed by atoms with Gasteiger partial charge in [-0.3, -0.25) is 0 Å². The van der Waals surface area contributed by atoms with E-state index in [0.717, 1.165) is 11.8 Å². The summed E-state index contributed by atoms with van der Waals surface area (Å²) in [6.07, 6.45) is 9.63. The first kappa shape index (κ1) is 15.3. The van der Waals surface area contributed by atoms with Crippen molar-refractivity contribution in [3.05, 3.63) is 0 Å². The fourth-order valence-electron chi connectivity index (χ4n) is 4.16. The molecule has 2 N–H and O–H groups in total. The second-order valence-corrected chi connectivity index (χ2v) is 7.67. The number of hydrogen-bond acceptors (Lipinski definition) is 2. The Morgan fingerprint density at radius 2 is 1.89 bits per heavy atom. The minimum Gasteiger partial charge on any atom is -0.327 e. The normalized spacial score (nSPS) is 36.9. The van der Waals surface area contributed by atoms with Crippen molar-refractivity contribution in [2.75, 3.05) is 19.6 Å². The maximum Gasteiger partial charge on any atom is 0.0131 e. The molecule has 0 spiro atoms. The van der Waals surface area contributed by atoms with Crippen molar-refractivity contribution < 1.29 is 0 Å². The zero-order valence-electron chi connectivity index (χ0n) is 13.3. The molecule has 19 heavy (non-hydrogen) atoms. The van der Waals surface area contributed by atoms with Crippen LogP contribution in [0.3, 0.4) is 0 Å². The minimum absolute atomic E-state index is 0.348. The quantitative estimate of drug-likeness (QED) is 0.845. The Balaban J connectivity index is 1.86. The number of likely N-dealkylation sites (tertiary alicyclic amines) is 1. The molecule has 2 rings (SSSR count). The van der Waals surface area contributed by atoms with Crippen LogP contribution in [0, 0.1) is 17.3 Å². The van der Waals surface area contributed by atoms with Gasteiger partial charge < -0.3 is 10.6 Å². The SMILES string of the molecule is CCC1CCCN(CC2CCCC(C)(C)C2N)CC1. The molecule has 112 valence electrons. The molecule has 1 aliphatic heterocycles. The van der Waals surface area contributed by atoms with Gasteiger partial charge in [-0.15, -0.1) is 0 Å². The third-order valence-corrected chi connectivity index (χ3v) is 5.82. The highest BCUT2D eigenvalue weighted by atomic mass is 15.1. The maximum atomic E-state index is 6.54. The number of rotatable bonds is 3. The molecule has 0 radical (unpaired) electrons. The highest BCUT2D eigenvalue weighted by Crippen LogP contribution is 2.38. The maximum absolute atomic E-state index is 6.54. The smallest absolute Gasteiger partial charge is 0.0131 e. The molecule has 3 unspecified atom stereocenters. The van der Waals surface area contributed by atoms with Crippen LogP contribution in [0.1, 0.15) is 65.7 Å². The van der Waals surface area contributed by atoms with Crippen LogP contribution in [-0.2, 0) is 0 Å². The van der Waals surface area contributed by atoms with Crippen LogP contribution in [0.5, 0.6) is 0 Å². The Kier molecular flexibility index (Phi) is 5.30. The Morgan fingerprint density at radius 1 is 1.11 bits per heavy atom. The fraction of sp³-hybridized carbons (Fsp3) is 1.00. The third-order valence-electron chi connectivity index (χ3n) is 5.82. The zero-order chi connectivity index (χ0) is 13.9. The van der Waals surface area contributed by atoms with E-state index in [0.29, 0.717) is 11.5 Å². The molecule has 2 heteroatoms. The Morgan fingerprint density at radius 3 is 2.63 bits per heavy atom. The van der Waals surface area contributed by atoms with E-state index in [1.54, 1.807) is 0 Å². The van der Waals surface area contributed by atoms with Gasteiger partial charge in [-0.2, -0.15) is 0 Å². The van der Waals surface area contributed by atoms with Gasteiger partial charge in [0.2, 0.25) is 0 Å². The highest BCUT2D eigenvalue weighted by Gasteiger charge is 2.37. The number of nitrogens with zero attached hydrogens (tertiary/aromatic N) is 1. The van der Waals surface area contributed by atoms with Crippen molar-refractivity contribution in [3.8, 4) is 0 Å². The van der Waals surface area contributed by atoms with Gasteiger partial charge in [0, 0.05) is 12.6 Å². The lowest BCUT2D eigenvalue weighted by Crippen LogP contribution is -2.50. The number of nitrogens with two attached hydrogens (primary N) is 1. The van der Waals surface area contributed by atoms with E-state index >= 15 is 0 Å². The average Bonchev–Trinajstić information content (AvgIpc) is 2.60. The second kappa shape index (κ2) is 6.58. The lowest BCUT2D eigenvalue weighted by atomic mass is 9.68. The predicted octanol–water partition coefficient (Wildman–Crippen LogP) is 3.65. The standard InChI is InChI=1S/C17H34N2/c1-4-14-7-6-11-19(12-9-14)13-15-8-5-10-17(2,3)16(15)18/h14-16H,4-13,18H2,1-3H3. The van der Waals surface area contributed by atoms with Gasteiger partial charge in [0.15, 0.2) is 0 Å². The molecule has 3 atom stereocenters. The molecule has 2 fully saturated rings.